The van der Waals surface area contributed by atoms with Crippen molar-refractivity contribution >= 4 is 24.0 Å². The van der Waals surface area contributed by atoms with Gasteiger partial charge in [0.1, 0.15) is 12.3 Å². The van der Waals surface area contributed by atoms with Crippen LogP contribution in [-0.4, -0.2) is 49.5 Å². The number of ether oxygens (including phenoxy) is 2. The second-order valence-corrected chi connectivity index (χ2v) is 6.01. The zero-order chi connectivity index (χ0) is 20.3. The molecule has 2 unspecified atom stereocenters. The molecule has 26 heavy (non-hydrogen) atoms. The van der Waals surface area contributed by atoms with Crippen LogP contribution in [0.1, 0.15) is 41.5 Å². The summed E-state index contributed by atoms with van der Waals surface area (Å²) in [5, 5.41) is 9.96. The van der Waals surface area contributed by atoms with Crippen LogP contribution in [0.25, 0.3) is 0 Å². The Morgan fingerprint density at radius 3 is 1.19 bits per heavy atom. The molecule has 0 spiro atoms. The summed E-state index contributed by atoms with van der Waals surface area (Å²) in [6.07, 6.45) is -3.90. The van der Waals surface area contributed by atoms with Crippen molar-refractivity contribution in [3.05, 3.63) is 0 Å². The second kappa shape index (κ2) is 11.9. The third-order valence-corrected chi connectivity index (χ3v) is 3.08. The van der Waals surface area contributed by atoms with Gasteiger partial charge >= 0.3 is 12.2 Å². The van der Waals surface area contributed by atoms with Gasteiger partial charge in [-0.2, -0.15) is 0 Å². The number of rotatable bonds is 9. The van der Waals surface area contributed by atoms with E-state index in [0.29, 0.717) is 0 Å². The maximum absolute atomic E-state index is 12.1. The van der Waals surface area contributed by atoms with E-state index < -0.39 is 24.5 Å². The highest BCUT2D eigenvalue weighted by atomic mass is 16.6. The van der Waals surface area contributed by atoms with Gasteiger partial charge in [-0.05, 0) is 13.8 Å². The van der Waals surface area contributed by atoms with Crippen LogP contribution in [0.5, 0.6) is 0 Å². The Morgan fingerprint density at radius 1 is 0.654 bits per heavy atom. The molecule has 0 aliphatic rings. The van der Waals surface area contributed by atoms with Crippen LogP contribution >= 0.6 is 0 Å². The maximum atomic E-state index is 12.1. The van der Waals surface area contributed by atoms with E-state index in [-0.39, 0.29) is 36.9 Å². The van der Waals surface area contributed by atoms with Crippen molar-refractivity contribution in [3.63, 3.8) is 0 Å². The first-order valence-corrected chi connectivity index (χ1v) is 8.59. The average Bonchev–Trinajstić information content (AvgIpc) is 2.53. The minimum absolute atomic E-state index is 0.116. The Balaban J connectivity index is 5.47. The van der Waals surface area contributed by atoms with Gasteiger partial charge in [0.2, 0.25) is 11.8 Å². The molecule has 0 rings (SSSR count). The molecule has 0 aromatic rings. The van der Waals surface area contributed by atoms with Gasteiger partial charge in [0.25, 0.3) is 0 Å². The number of nitrogens with one attached hydrogen (secondary N) is 4. The van der Waals surface area contributed by atoms with Gasteiger partial charge in [-0.3, -0.25) is 20.2 Å². The molecular weight excluding hydrogens is 344 g/mol. The number of alkyl carbamates (subject to hydrolysis) is 2. The summed E-state index contributed by atoms with van der Waals surface area (Å²) in [5.41, 5.74) is 0. The van der Waals surface area contributed by atoms with Crippen molar-refractivity contribution in [2.45, 2.75) is 53.9 Å². The molecule has 0 saturated carbocycles. The molecule has 0 saturated heterocycles. The monoisotopic (exact) mass is 374 g/mol. The molecule has 0 fully saturated rings. The third kappa shape index (κ3) is 9.09. The first-order chi connectivity index (χ1) is 12.1. The van der Waals surface area contributed by atoms with E-state index in [4.69, 9.17) is 9.47 Å². The SMILES string of the molecule is CCOC(=O)NC(NC(=O)C(C)C)C(NC(=O)OCC)NC(=O)C(C)C. The third-order valence-electron chi connectivity index (χ3n) is 3.08. The highest BCUT2D eigenvalue weighted by Crippen LogP contribution is 1.99. The number of amides is 4. The molecule has 0 aliphatic heterocycles. The average molecular weight is 374 g/mol. The van der Waals surface area contributed by atoms with Crippen molar-refractivity contribution in [1.29, 1.82) is 0 Å². The zero-order valence-electron chi connectivity index (χ0n) is 16.2. The fourth-order valence-corrected chi connectivity index (χ4v) is 1.64. The normalized spacial score (nSPS) is 12.8. The fraction of sp³-hybridized carbons (Fsp3) is 0.750. The van der Waals surface area contributed by atoms with Crippen molar-refractivity contribution in [1.82, 2.24) is 21.3 Å². The Kier molecular flexibility index (Phi) is 10.8. The standard InChI is InChI=1S/C16H30N4O6/c1-7-25-15(23)19-11(17-13(21)9(3)4)12(18-14(22)10(5)6)20-16(24)26-8-2/h9-12H,7-8H2,1-6H3,(H,17,21)(H,18,22)(H,19,23)(H,20,24). The Hall–Kier alpha value is -2.52. The largest absolute Gasteiger partial charge is 0.450 e. The van der Waals surface area contributed by atoms with Crippen molar-refractivity contribution in [2.75, 3.05) is 13.2 Å². The smallest absolute Gasteiger partial charge is 0.408 e. The molecule has 4 N–H and O–H groups in total. The molecule has 0 aliphatic carbocycles. The van der Waals surface area contributed by atoms with E-state index >= 15 is 0 Å². The molecule has 0 bridgehead atoms. The quantitative estimate of drug-likeness (QED) is 0.438. The van der Waals surface area contributed by atoms with Gasteiger partial charge in [-0.25, -0.2) is 9.59 Å². The number of carbonyl (C=O) groups excluding carboxylic acids is 4. The lowest BCUT2D eigenvalue weighted by atomic mass is 10.2. The van der Waals surface area contributed by atoms with Crippen molar-refractivity contribution < 1.29 is 28.7 Å². The van der Waals surface area contributed by atoms with Crippen LogP contribution in [0.3, 0.4) is 0 Å². The Labute approximate surface area is 153 Å². The van der Waals surface area contributed by atoms with E-state index in [0.717, 1.165) is 0 Å². The Morgan fingerprint density at radius 2 is 0.962 bits per heavy atom. The number of hydrogen-bond acceptors (Lipinski definition) is 6. The van der Waals surface area contributed by atoms with Gasteiger partial charge in [-0.1, -0.05) is 27.7 Å². The van der Waals surface area contributed by atoms with Crippen LogP contribution in [0.2, 0.25) is 0 Å². The van der Waals surface area contributed by atoms with Gasteiger partial charge in [0.05, 0.1) is 13.2 Å². The minimum Gasteiger partial charge on any atom is -0.450 e. The van der Waals surface area contributed by atoms with Gasteiger partial charge in [-0.15, -0.1) is 0 Å². The number of hydrogen-bond donors (Lipinski definition) is 4. The van der Waals surface area contributed by atoms with Gasteiger partial charge < -0.3 is 20.1 Å². The van der Waals surface area contributed by atoms with E-state index in [2.05, 4.69) is 21.3 Å². The molecular formula is C16H30N4O6. The van der Waals surface area contributed by atoms with E-state index in [1.165, 1.54) is 0 Å². The molecule has 10 heteroatoms. The summed E-state index contributed by atoms with van der Waals surface area (Å²) in [6, 6.07) is 0. The van der Waals surface area contributed by atoms with Crippen LogP contribution in [0, 0.1) is 11.8 Å². The Bertz CT molecular complexity index is 451. The van der Waals surface area contributed by atoms with E-state index in [1.54, 1.807) is 41.5 Å². The molecule has 0 heterocycles. The van der Waals surface area contributed by atoms with Crippen molar-refractivity contribution in [3.8, 4) is 0 Å². The van der Waals surface area contributed by atoms with Crippen LogP contribution < -0.4 is 21.3 Å². The summed E-state index contributed by atoms with van der Waals surface area (Å²) in [4.78, 5) is 47.7. The topological polar surface area (TPSA) is 135 Å². The first kappa shape index (κ1) is 23.5. The molecule has 0 aromatic carbocycles. The van der Waals surface area contributed by atoms with Crippen LogP contribution in [0.15, 0.2) is 0 Å². The summed E-state index contributed by atoms with van der Waals surface area (Å²) >= 11 is 0. The highest BCUT2D eigenvalue weighted by Gasteiger charge is 2.30. The van der Waals surface area contributed by atoms with Crippen LogP contribution in [-0.2, 0) is 19.1 Å². The molecule has 150 valence electrons. The summed E-state index contributed by atoms with van der Waals surface area (Å²) < 4.78 is 9.62. The first-order valence-electron chi connectivity index (χ1n) is 8.59. The summed E-state index contributed by atoms with van der Waals surface area (Å²) in [7, 11) is 0. The van der Waals surface area contributed by atoms with Crippen LogP contribution in [0.4, 0.5) is 9.59 Å². The minimum atomic E-state index is -1.14. The highest BCUT2D eigenvalue weighted by molar-refractivity contribution is 5.81. The molecule has 2 atom stereocenters. The van der Waals surface area contributed by atoms with E-state index in [1.807, 2.05) is 0 Å². The molecule has 10 nitrogen and oxygen atoms in total. The maximum Gasteiger partial charge on any atom is 0.408 e. The molecule has 4 amide bonds. The second-order valence-electron chi connectivity index (χ2n) is 6.01. The van der Waals surface area contributed by atoms with Gasteiger partial charge in [0, 0.05) is 11.8 Å². The zero-order valence-corrected chi connectivity index (χ0v) is 16.2. The van der Waals surface area contributed by atoms with Gasteiger partial charge in [0.15, 0.2) is 0 Å². The fourth-order valence-electron chi connectivity index (χ4n) is 1.64. The predicted octanol–water partition coefficient (Wildman–Crippen LogP) is 0.675. The van der Waals surface area contributed by atoms with Crippen molar-refractivity contribution in [2.24, 2.45) is 11.8 Å². The summed E-state index contributed by atoms with van der Waals surface area (Å²) in [6.45, 7) is 10.1. The van der Waals surface area contributed by atoms with E-state index in [9.17, 15) is 19.2 Å². The lowest BCUT2D eigenvalue weighted by Crippen LogP contribution is -2.66. The predicted molar refractivity (Wildman–Crippen MR) is 93.9 cm³/mol. The lowest BCUT2D eigenvalue weighted by Gasteiger charge is -2.30. The number of carbonyl (C=O) groups is 4. The molecule has 0 aromatic heterocycles. The summed E-state index contributed by atoms with van der Waals surface area (Å²) in [5.74, 6) is -1.54. The lowest BCUT2D eigenvalue weighted by molar-refractivity contribution is -0.128. The molecule has 0 radical (unpaired) electrons.